The monoisotopic (exact) mass is 147 g/mol. The first-order chi connectivity index (χ1) is 4.31. The molecule has 0 aliphatic rings. The first-order valence-electron chi connectivity index (χ1n) is 3.65. The van der Waals surface area contributed by atoms with E-state index in [4.69, 9.17) is 0 Å². The van der Waals surface area contributed by atoms with Crippen LogP contribution in [0.1, 0.15) is 27.2 Å². The Morgan fingerprint density at radius 3 is 2.56 bits per heavy atom. The third-order valence-electron chi connectivity index (χ3n) is 1.31. The third kappa shape index (κ3) is 6.19. The van der Waals surface area contributed by atoms with Crippen LogP contribution in [0.4, 0.5) is 0 Å². The van der Waals surface area contributed by atoms with Gasteiger partial charge in [-0.05, 0) is 5.92 Å². The van der Waals surface area contributed by atoms with Gasteiger partial charge < -0.3 is 0 Å². The van der Waals surface area contributed by atoms with Gasteiger partial charge in [0.15, 0.2) is 0 Å². The molecule has 0 aliphatic carbocycles. The van der Waals surface area contributed by atoms with E-state index in [0.29, 0.717) is 0 Å². The van der Waals surface area contributed by atoms with Gasteiger partial charge in [0.25, 0.3) is 0 Å². The van der Waals surface area contributed by atoms with E-state index in [9.17, 15) is 0 Å². The highest BCUT2D eigenvalue weighted by Crippen LogP contribution is 2.06. The van der Waals surface area contributed by atoms with Gasteiger partial charge in [0, 0.05) is 12.3 Å². The van der Waals surface area contributed by atoms with Gasteiger partial charge in [-0.15, -0.1) is 0 Å². The van der Waals surface area contributed by atoms with Crippen molar-refractivity contribution in [2.45, 2.75) is 27.2 Å². The van der Waals surface area contributed by atoms with E-state index < -0.39 is 0 Å². The smallest absolute Gasteiger partial charge is 0.0104 e. The fraction of sp³-hybridized carbons (Fsp3) is 1.00. The molecule has 1 atom stereocenters. The van der Waals surface area contributed by atoms with Crippen molar-refractivity contribution in [2.75, 3.05) is 12.3 Å². The van der Waals surface area contributed by atoms with Gasteiger partial charge in [-0.2, -0.15) is 0 Å². The molecule has 0 aromatic rings. The minimum atomic E-state index is 0.856. The lowest BCUT2D eigenvalue weighted by atomic mass is 10.2. The molecular weight excluding hydrogens is 130 g/mol. The van der Waals surface area contributed by atoms with Crippen molar-refractivity contribution in [1.29, 1.82) is 0 Å². The third-order valence-corrected chi connectivity index (χ3v) is 2.54. The summed E-state index contributed by atoms with van der Waals surface area (Å²) >= 11 is 1.84. The van der Waals surface area contributed by atoms with Crippen LogP contribution in [0.2, 0.25) is 0 Å². The van der Waals surface area contributed by atoms with Crippen LogP contribution in [0.15, 0.2) is 0 Å². The summed E-state index contributed by atoms with van der Waals surface area (Å²) in [7, 11) is 0. The maximum absolute atomic E-state index is 3.23. The van der Waals surface area contributed by atoms with Gasteiger partial charge >= 0.3 is 0 Å². The van der Waals surface area contributed by atoms with Gasteiger partial charge in [-0.1, -0.05) is 39.1 Å². The lowest BCUT2D eigenvalue weighted by Gasteiger charge is -2.06. The molecular formula is C7H17NS. The second-order valence-corrected chi connectivity index (χ2v) is 3.23. The zero-order valence-corrected chi connectivity index (χ0v) is 7.42. The van der Waals surface area contributed by atoms with Crippen molar-refractivity contribution in [3.63, 3.8) is 0 Å². The maximum Gasteiger partial charge on any atom is 0.0104 e. The van der Waals surface area contributed by atoms with Crippen molar-refractivity contribution >= 4 is 11.9 Å². The zero-order valence-electron chi connectivity index (χ0n) is 6.61. The second-order valence-electron chi connectivity index (χ2n) is 2.32. The summed E-state index contributed by atoms with van der Waals surface area (Å²) < 4.78 is 3.23. The van der Waals surface area contributed by atoms with Crippen molar-refractivity contribution in [3.8, 4) is 0 Å². The van der Waals surface area contributed by atoms with Crippen molar-refractivity contribution in [3.05, 3.63) is 0 Å². The maximum atomic E-state index is 3.23. The average Bonchev–Trinajstić information content (AvgIpc) is 1.89. The Kier molecular flexibility index (Phi) is 6.65. The van der Waals surface area contributed by atoms with Gasteiger partial charge in [0.2, 0.25) is 0 Å². The Morgan fingerprint density at radius 2 is 2.11 bits per heavy atom. The molecule has 0 radical (unpaired) electrons. The molecule has 0 bridgehead atoms. The predicted octanol–water partition coefficient (Wildman–Crippen LogP) is 2.29. The molecule has 56 valence electrons. The molecule has 0 fully saturated rings. The molecule has 0 spiro atoms. The summed E-state index contributed by atoms with van der Waals surface area (Å²) in [5.41, 5.74) is 0. The van der Waals surface area contributed by atoms with Crippen LogP contribution in [-0.4, -0.2) is 12.3 Å². The van der Waals surface area contributed by atoms with E-state index in [1.54, 1.807) is 0 Å². The van der Waals surface area contributed by atoms with Crippen LogP contribution >= 0.6 is 11.9 Å². The SMILES string of the molecule is CCNSC[C@H](C)CC. The molecule has 0 aromatic carbocycles. The lowest BCUT2D eigenvalue weighted by molar-refractivity contribution is 0.635. The van der Waals surface area contributed by atoms with Crippen LogP contribution in [0.5, 0.6) is 0 Å². The van der Waals surface area contributed by atoms with E-state index in [2.05, 4.69) is 25.5 Å². The largest absolute Gasteiger partial charge is 0.264 e. The highest BCUT2D eigenvalue weighted by atomic mass is 32.2. The number of hydrogen-bond donors (Lipinski definition) is 1. The Hall–Kier alpha value is 0.310. The molecule has 0 saturated heterocycles. The molecule has 0 rings (SSSR count). The van der Waals surface area contributed by atoms with Crippen LogP contribution < -0.4 is 4.72 Å². The summed E-state index contributed by atoms with van der Waals surface area (Å²) in [6.07, 6.45) is 1.29. The van der Waals surface area contributed by atoms with Crippen LogP contribution in [0, 0.1) is 5.92 Å². The molecule has 0 heterocycles. The molecule has 0 aliphatic heterocycles. The Bertz CT molecular complexity index is 56.9. The summed E-state index contributed by atoms with van der Waals surface area (Å²) in [5, 5.41) is 0. The highest BCUT2D eigenvalue weighted by Gasteiger charge is 1.95. The molecule has 9 heavy (non-hydrogen) atoms. The van der Waals surface area contributed by atoms with Crippen molar-refractivity contribution < 1.29 is 0 Å². The summed E-state index contributed by atoms with van der Waals surface area (Å²) in [6.45, 7) is 7.71. The van der Waals surface area contributed by atoms with Gasteiger partial charge in [0.1, 0.15) is 0 Å². The zero-order chi connectivity index (χ0) is 7.11. The van der Waals surface area contributed by atoms with Gasteiger partial charge in [-0.25, -0.2) is 0 Å². The van der Waals surface area contributed by atoms with E-state index in [-0.39, 0.29) is 0 Å². The minimum absolute atomic E-state index is 0.856. The molecule has 0 aromatic heterocycles. The van der Waals surface area contributed by atoms with Crippen LogP contribution in [-0.2, 0) is 0 Å². The van der Waals surface area contributed by atoms with Gasteiger partial charge in [-0.3, -0.25) is 4.72 Å². The molecule has 0 saturated carbocycles. The lowest BCUT2D eigenvalue weighted by Crippen LogP contribution is -2.06. The Balaban J connectivity index is 2.88. The first-order valence-corrected chi connectivity index (χ1v) is 4.64. The number of rotatable bonds is 5. The summed E-state index contributed by atoms with van der Waals surface area (Å²) in [4.78, 5) is 0. The fourth-order valence-corrected chi connectivity index (χ4v) is 1.26. The molecule has 0 unspecified atom stereocenters. The topological polar surface area (TPSA) is 12.0 Å². The molecule has 1 nitrogen and oxygen atoms in total. The highest BCUT2D eigenvalue weighted by molar-refractivity contribution is 7.97. The van der Waals surface area contributed by atoms with Crippen LogP contribution in [0.25, 0.3) is 0 Å². The van der Waals surface area contributed by atoms with Crippen LogP contribution in [0.3, 0.4) is 0 Å². The van der Waals surface area contributed by atoms with E-state index in [1.165, 1.54) is 12.2 Å². The number of nitrogens with one attached hydrogen (secondary N) is 1. The molecule has 2 heteroatoms. The second kappa shape index (κ2) is 6.43. The quantitative estimate of drug-likeness (QED) is 0.473. The van der Waals surface area contributed by atoms with Crippen molar-refractivity contribution in [2.24, 2.45) is 5.92 Å². The average molecular weight is 147 g/mol. The van der Waals surface area contributed by atoms with E-state index in [1.807, 2.05) is 11.9 Å². The molecule has 0 amide bonds. The Labute approximate surface area is 62.7 Å². The van der Waals surface area contributed by atoms with E-state index >= 15 is 0 Å². The fourth-order valence-electron chi connectivity index (χ4n) is 0.421. The number of hydrogen-bond acceptors (Lipinski definition) is 2. The molecule has 1 N–H and O–H groups in total. The minimum Gasteiger partial charge on any atom is -0.264 e. The van der Waals surface area contributed by atoms with Crippen molar-refractivity contribution in [1.82, 2.24) is 4.72 Å². The Morgan fingerprint density at radius 1 is 1.44 bits per heavy atom. The standard InChI is InChI=1S/C7H17NS/c1-4-7(3)6-9-8-5-2/h7-8H,4-6H2,1-3H3/t7-/m1/s1. The summed E-state index contributed by atoms with van der Waals surface area (Å²) in [5.74, 6) is 2.10. The summed E-state index contributed by atoms with van der Waals surface area (Å²) in [6, 6.07) is 0. The normalized spacial score (nSPS) is 13.7. The predicted molar refractivity (Wildman–Crippen MR) is 45.6 cm³/mol. The van der Waals surface area contributed by atoms with E-state index in [0.717, 1.165) is 12.5 Å². The van der Waals surface area contributed by atoms with Gasteiger partial charge in [0.05, 0.1) is 0 Å². The first kappa shape index (κ1) is 9.31.